The third-order valence-electron chi connectivity index (χ3n) is 2.43. The number of unbranched alkanes of at least 4 members (excludes halogenated alkanes) is 1. The first-order valence-electron chi connectivity index (χ1n) is 5.38. The van der Waals surface area contributed by atoms with Gasteiger partial charge in [0.15, 0.2) is 9.84 Å². The maximum absolute atomic E-state index is 11.4. The molecule has 0 fully saturated rings. The Kier molecular flexibility index (Phi) is 8.00. The van der Waals surface area contributed by atoms with Gasteiger partial charge in [0.05, 0.1) is 18.1 Å². The molecule has 92 valence electrons. The molecule has 0 amide bonds. The first kappa shape index (κ1) is 14.9. The monoisotopic (exact) mass is 237 g/mol. The van der Waals surface area contributed by atoms with Crippen molar-refractivity contribution in [3.8, 4) is 0 Å². The van der Waals surface area contributed by atoms with Gasteiger partial charge >= 0.3 is 0 Å². The molecule has 0 aliphatic heterocycles. The second kappa shape index (κ2) is 8.07. The molecule has 5 heteroatoms. The standard InChI is InChI=1S/C10H23NO3S/c1-10(11-2)6-4-5-8-15(12,13)9-7-14-3/h10-11H,4-9H2,1-3H3. The molecule has 0 saturated carbocycles. The van der Waals surface area contributed by atoms with Crippen LogP contribution in [-0.2, 0) is 14.6 Å². The molecule has 0 aliphatic carbocycles. The molecule has 1 atom stereocenters. The van der Waals surface area contributed by atoms with Crippen LogP contribution in [0.15, 0.2) is 0 Å². The number of nitrogens with one attached hydrogen (secondary N) is 1. The van der Waals surface area contributed by atoms with E-state index in [1.807, 2.05) is 7.05 Å². The quantitative estimate of drug-likeness (QED) is 0.603. The van der Waals surface area contributed by atoms with Crippen molar-refractivity contribution in [2.45, 2.75) is 32.2 Å². The molecule has 0 rings (SSSR count). The fourth-order valence-corrected chi connectivity index (χ4v) is 2.50. The highest BCUT2D eigenvalue weighted by molar-refractivity contribution is 7.91. The predicted octanol–water partition coefficient (Wildman–Crippen LogP) is 0.826. The van der Waals surface area contributed by atoms with Crippen molar-refractivity contribution in [2.75, 3.05) is 32.3 Å². The van der Waals surface area contributed by atoms with Crippen molar-refractivity contribution in [3.63, 3.8) is 0 Å². The molecule has 0 spiro atoms. The van der Waals surface area contributed by atoms with Crippen LogP contribution in [0.5, 0.6) is 0 Å². The molecule has 0 saturated heterocycles. The summed E-state index contributed by atoms with van der Waals surface area (Å²) in [6, 6.07) is 0.465. The molecule has 1 unspecified atom stereocenters. The molecule has 4 nitrogen and oxygen atoms in total. The van der Waals surface area contributed by atoms with Crippen LogP contribution in [-0.4, -0.2) is 46.7 Å². The summed E-state index contributed by atoms with van der Waals surface area (Å²) in [5.74, 6) is 0.428. The summed E-state index contributed by atoms with van der Waals surface area (Å²) < 4.78 is 27.6. The van der Waals surface area contributed by atoms with E-state index in [1.165, 1.54) is 7.11 Å². The van der Waals surface area contributed by atoms with Crippen molar-refractivity contribution in [2.24, 2.45) is 0 Å². The van der Waals surface area contributed by atoms with E-state index in [-0.39, 0.29) is 11.5 Å². The number of rotatable bonds is 9. The highest BCUT2D eigenvalue weighted by Gasteiger charge is 2.09. The normalized spacial score (nSPS) is 14.1. The van der Waals surface area contributed by atoms with Crippen molar-refractivity contribution in [3.05, 3.63) is 0 Å². The van der Waals surface area contributed by atoms with E-state index in [0.717, 1.165) is 19.3 Å². The fraction of sp³-hybridized carbons (Fsp3) is 1.00. The lowest BCUT2D eigenvalue weighted by Crippen LogP contribution is -2.21. The van der Waals surface area contributed by atoms with Gasteiger partial charge in [0.1, 0.15) is 0 Å². The van der Waals surface area contributed by atoms with Crippen molar-refractivity contribution >= 4 is 9.84 Å². The number of hydrogen-bond donors (Lipinski definition) is 1. The van der Waals surface area contributed by atoms with Gasteiger partial charge in [-0.3, -0.25) is 0 Å². The fourth-order valence-electron chi connectivity index (χ4n) is 1.23. The molecule has 0 bridgehead atoms. The van der Waals surface area contributed by atoms with Gasteiger partial charge in [-0.2, -0.15) is 0 Å². The lowest BCUT2D eigenvalue weighted by atomic mass is 10.1. The highest BCUT2D eigenvalue weighted by atomic mass is 32.2. The minimum Gasteiger partial charge on any atom is -0.384 e. The number of hydrogen-bond acceptors (Lipinski definition) is 4. The minimum absolute atomic E-state index is 0.144. The number of methoxy groups -OCH3 is 1. The average Bonchev–Trinajstić information content (AvgIpc) is 2.21. The summed E-state index contributed by atoms with van der Waals surface area (Å²) in [6.45, 7) is 2.40. The first-order chi connectivity index (χ1) is 7.02. The van der Waals surface area contributed by atoms with Gasteiger partial charge in [0.25, 0.3) is 0 Å². The second-order valence-corrected chi connectivity index (χ2v) is 6.13. The summed E-state index contributed by atoms with van der Waals surface area (Å²) in [7, 11) is 0.541. The third-order valence-corrected chi connectivity index (χ3v) is 4.13. The average molecular weight is 237 g/mol. The van der Waals surface area contributed by atoms with Gasteiger partial charge < -0.3 is 10.1 Å². The molecular weight excluding hydrogens is 214 g/mol. The smallest absolute Gasteiger partial charge is 0.152 e. The summed E-state index contributed by atoms with van der Waals surface area (Å²) in [4.78, 5) is 0. The zero-order valence-corrected chi connectivity index (χ0v) is 10.8. The second-order valence-electron chi connectivity index (χ2n) is 3.83. The van der Waals surface area contributed by atoms with Crippen LogP contribution in [0.4, 0.5) is 0 Å². The largest absolute Gasteiger partial charge is 0.384 e. The Morgan fingerprint density at radius 3 is 2.47 bits per heavy atom. The van der Waals surface area contributed by atoms with E-state index >= 15 is 0 Å². The SMILES string of the molecule is CNC(C)CCCCS(=O)(=O)CCOC. The van der Waals surface area contributed by atoms with Crippen molar-refractivity contribution in [1.29, 1.82) is 0 Å². The molecule has 0 heterocycles. The Labute approximate surface area is 93.3 Å². The maximum Gasteiger partial charge on any atom is 0.152 e. The van der Waals surface area contributed by atoms with Crippen LogP contribution in [0.25, 0.3) is 0 Å². The Balaban J connectivity index is 3.57. The molecule has 0 aromatic rings. The third kappa shape index (κ3) is 8.84. The van der Waals surface area contributed by atoms with E-state index in [0.29, 0.717) is 12.6 Å². The lowest BCUT2D eigenvalue weighted by molar-refractivity contribution is 0.217. The van der Waals surface area contributed by atoms with Crippen LogP contribution in [0, 0.1) is 0 Å². The Bertz CT molecular complexity index is 239. The van der Waals surface area contributed by atoms with E-state index in [2.05, 4.69) is 12.2 Å². The summed E-state index contributed by atoms with van der Waals surface area (Å²) >= 11 is 0. The van der Waals surface area contributed by atoms with Crippen LogP contribution in [0.2, 0.25) is 0 Å². The van der Waals surface area contributed by atoms with E-state index < -0.39 is 9.84 Å². The lowest BCUT2D eigenvalue weighted by Gasteiger charge is -2.09. The van der Waals surface area contributed by atoms with Gasteiger partial charge in [-0.05, 0) is 26.8 Å². The Hall–Kier alpha value is -0.130. The van der Waals surface area contributed by atoms with Gasteiger partial charge in [-0.15, -0.1) is 0 Å². The highest BCUT2D eigenvalue weighted by Crippen LogP contribution is 2.03. The molecule has 15 heavy (non-hydrogen) atoms. The van der Waals surface area contributed by atoms with Crippen LogP contribution >= 0.6 is 0 Å². The Morgan fingerprint density at radius 1 is 1.27 bits per heavy atom. The van der Waals surface area contributed by atoms with Crippen molar-refractivity contribution < 1.29 is 13.2 Å². The van der Waals surface area contributed by atoms with Gasteiger partial charge in [-0.25, -0.2) is 8.42 Å². The van der Waals surface area contributed by atoms with E-state index in [1.54, 1.807) is 0 Å². The van der Waals surface area contributed by atoms with E-state index in [9.17, 15) is 8.42 Å². The molecule has 0 aromatic carbocycles. The van der Waals surface area contributed by atoms with E-state index in [4.69, 9.17) is 4.74 Å². The minimum atomic E-state index is -2.89. The van der Waals surface area contributed by atoms with Gasteiger partial charge in [0.2, 0.25) is 0 Å². The van der Waals surface area contributed by atoms with Crippen LogP contribution in [0.1, 0.15) is 26.2 Å². The summed E-state index contributed by atoms with van der Waals surface area (Å²) in [6.07, 6.45) is 2.72. The molecule has 1 N–H and O–H groups in total. The topological polar surface area (TPSA) is 55.4 Å². The van der Waals surface area contributed by atoms with Crippen molar-refractivity contribution in [1.82, 2.24) is 5.32 Å². The van der Waals surface area contributed by atoms with Gasteiger partial charge in [0, 0.05) is 13.2 Å². The van der Waals surface area contributed by atoms with Crippen LogP contribution in [0.3, 0.4) is 0 Å². The predicted molar refractivity (Wildman–Crippen MR) is 62.9 cm³/mol. The number of ether oxygens (including phenoxy) is 1. The molecule has 0 aliphatic rings. The first-order valence-corrected chi connectivity index (χ1v) is 7.20. The number of sulfone groups is 1. The molecule has 0 radical (unpaired) electrons. The van der Waals surface area contributed by atoms with Crippen LogP contribution < -0.4 is 5.32 Å². The zero-order chi connectivity index (χ0) is 11.7. The molecule has 0 aromatic heterocycles. The molecular formula is C10H23NO3S. The Morgan fingerprint density at radius 2 is 1.93 bits per heavy atom. The zero-order valence-electron chi connectivity index (χ0n) is 9.95. The summed E-state index contributed by atoms with van der Waals surface area (Å²) in [5.41, 5.74) is 0. The maximum atomic E-state index is 11.4. The van der Waals surface area contributed by atoms with Gasteiger partial charge in [-0.1, -0.05) is 6.42 Å². The summed E-state index contributed by atoms with van der Waals surface area (Å²) in [5, 5.41) is 3.13.